The van der Waals surface area contributed by atoms with E-state index in [2.05, 4.69) is 20.9 Å². The van der Waals surface area contributed by atoms with E-state index < -0.39 is 4.92 Å². The van der Waals surface area contributed by atoms with Crippen molar-refractivity contribution >= 4 is 28.6 Å². The summed E-state index contributed by atoms with van der Waals surface area (Å²) < 4.78 is 1.93. The zero-order valence-corrected chi connectivity index (χ0v) is 16.4. The molecule has 3 heterocycles. The molecule has 0 aliphatic carbocycles. The van der Waals surface area contributed by atoms with E-state index >= 15 is 0 Å². The van der Waals surface area contributed by atoms with E-state index in [9.17, 15) is 15.4 Å². The van der Waals surface area contributed by atoms with Crippen molar-refractivity contribution in [2.24, 2.45) is 0 Å². The molecule has 0 amide bonds. The molecule has 0 N–H and O–H groups in total. The van der Waals surface area contributed by atoms with Crippen LogP contribution in [0.1, 0.15) is 17.7 Å². The number of aromatic nitrogens is 2. The van der Waals surface area contributed by atoms with E-state index in [4.69, 9.17) is 11.6 Å². The van der Waals surface area contributed by atoms with Gasteiger partial charge in [0, 0.05) is 57.3 Å². The number of benzene rings is 1. The molecule has 148 valence electrons. The van der Waals surface area contributed by atoms with Gasteiger partial charge in [-0.25, -0.2) is 4.98 Å². The molecule has 0 atom stereocenters. The number of imidazole rings is 1. The van der Waals surface area contributed by atoms with E-state index in [1.54, 1.807) is 6.07 Å². The van der Waals surface area contributed by atoms with Gasteiger partial charge < -0.3 is 9.30 Å². The van der Waals surface area contributed by atoms with Crippen molar-refractivity contribution in [1.29, 1.82) is 5.26 Å². The Hall–Kier alpha value is -3.15. The van der Waals surface area contributed by atoms with Gasteiger partial charge in [0.2, 0.25) is 0 Å². The Kier molecular flexibility index (Phi) is 5.34. The quantitative estimate of drug-likeness (QED) is 0.483. The molecule has 0 bridgehead atoms. The molecule has 1 fully saturated rings. The van der Waals surface area contributed by atoms with Crippen molar-refractivity contribution < 1.29 is 4.92 Å². The molecular weight excluding hydrogens is 392 g/mol. The van der Waals surface area contributed by atoms with E-state index in [1.807, 2.05) is 28.9 Å². The van der Waals surface area contributed by atoms with Crippen LogP contribution in [0.4, 0.5) is 11.4 Å². The average Bonchev–Trinajstić information content (AvgIpc) is 2.95. The third-order valence-corrected chi connectivity index (χ3v) is 5.31. The zero-order chi connectivity index (χ0) is 20.4. The minimum absolute atomic E-state index is 0.0614. The molecular formula is C20H19ClN6O2. The van der Waals surface area contributed by atoms with Crippen LogP contribution in [0.25, 0.3) is 5.65 Å². The Balaban J connectivity index is 1.46. The van der Waals surface area contributed by atoms with Gasteiger partial charge in [-0.3, -0.25) is 15.0 Å². The normalized spacial score (nSPS) is 15.2. The number of nitro groups is 1. The van der Waals surface area contributed by atoms with Crippen LogP contribution < -0.4 is 4.90 Å². The van der Waals surface area contributed by atoms with Gasteiger partial charge in [-0.1, -0.05) is 11.6 Å². The number of rotatable bonds is 4. The van der Waals surface area contributed by atoms with E-state index in [1.165, 1.54) is 12.1 Å². The topological polar surface area (TPSA) is 90.7 Å². The first-order valence-electron chi connectivity index (χ1n) is 9.32. The Labute approximate surface area is 172 Å². The number of hydrogen-bond acceptors (Lipinski definition) is 6. The van der Waals surface area contributed by atoms with Crippen molar-refractivity contribution in [3.05, 3.63) is 69.1 Å². The smallest absolute Gasteiger partial charge is 0.270 e. The Bertz CT molecular complexity index is 1110. The van der Waals surface area contributed by atoms with Crippen molar-refractivity contribution in [2.45, 2.75) is 13.0 Å². The molecule has 0 saturated carbocycles. The fourth-order valence-corrected chi connectivity index (χ4v) is 3.86. The van der Waals surface area contributed by atoms with Gasteiger partial charge in [-0.2, -0.15) is 5.26 Å². The first-order valence-corrected chi connectivity index (χ1v) is 9.70. The highest BCUT2D eigenvalue weighted by molar-refractivity contribution is 6.30. The highest BCUT2D eigenvalue weighted by Crippen LogP contribution is 2.26. The van der Waals surface area contributed by atoms with Gasteiger partial charge in [0.25, 0.3) is 5.69 Å². The highest BCUT2D eigenvalue weighted by atomic mass is 35.5. The molecule has 1 aliphatic heterocycles. The summed E-state index contributed by atoms with van der Waals surface area (Å²) in [5.74, 6) is 0. The van der Waals surface area contributed by atoms with Crippen LogP contribution >= 0.6 is 11.6 Å². The van der Waals surface area contributed by atoms with Crippen molar-refractivity contribution in [3.8, 4) is 6.07 Å². The standard InChI is InChI=1S/C20H19ClN6O2/c21-16-2-5-20-23-17(14-26(20)12-16)13-24-6-1-7-25(9-8-24)19-4-3-18(27(28)29)10-15(19)11-22/h2-5,10,12,14H,1,6-9,13H2. The summed E-state index contributed by atoms with van der Waals surface area (Å²) in [5, 5.41) is 21.1. The van der Waals surface area contributed by atoms with Gasteiger partial charge in [0.05, 0.1) is 26.9 Å². The fourth-order valence-electron chi connectivity index (χ4n) is 3.70. The van der Waals surface area contributed by atoms with Gasteiger partial charge in [-0.15, -0.1) is 0 Å². The number of nitrogens with zero attached hydrogens (tertiary/aromatic N) is 6. The third kappa shape index (κ3) is 4.16. The van der Waals surface area contributed by atoms with Gasteiger partial charge in [-0.05, 0) is 24.6 Å². The molecule has 1 saturated heterocycles. The molecule has 9 heteroatoms. The number of fused-ring (bicyclic) bond motifs is 1. The number of nitriles is 1. The number of anilines is 1. The first kappa shape index (κ1) is 19.2. The van der Waals surface area contributed by atoms with Crippen LogP contribution in [0.2, 0.25) is 5.02 Å². The molecule has 0 radical (unpaired) electrons. The van der Waals surface area contributed by atoms with Gasteiger partial charge in [0.1, 0.15) is 11.7 Å². The minimum Gasteiger partial charge on any atom is -0.369 e. The second kappa shape index (κ2) is 8.07. The lowest BCUT2D eigenvalue weighted by atomic mass is 10.1. The average molecular weight is 411 g/mol. The second-order valence-electron chi connectivity index (χ2n) is 7.03. The van der Waals surface area contributed by atoms with Crippen molar-refractivity contribution in [1.82, 2.24) is 14.3 Å². The maximum Gasteiger partial charge on any atom is 0.270 e. The SMILES string of the molecule is N#Cc1cc([N+](=O)[O-])ccc1N1CCCN(Cc2cn3cc(Cl)ccc3n2)CC1. The summed E-state index contributed by atoms with van der Waals surface area (Å²) in [7, 11) is 0. The van der Waals surface area contributed by atoms with E-state index in [-0.39, 0.29) is 5.69 Å². The number of halogens is 1. The molecule has 1 aromatic carbocycles. The molecule has 29 heavy (non-hydrogen) atoms. The number of non-ortho nitro benzene ring substituents is 1. The van der Waals surface area contributed by atoms with E-state index in [0.717, 1.165) is 56.2 Å². The minimum atomic E-state index is -0.475. The predicted molar refractivity (Wildman–Crippen MR) is 110 cm³/mol. The summed E-state index contributed by atoms with van der Waals surface area (Å²) in [6.07, 6.45) is 4.77. The van der Waals surface area contributed by atoms with E-state index in [0.29, 0.717) is 10.6 Å². The zero-order valence-electron chi connectivity index (χ0n) is 15.7. The predicted octanol–water partition coefficient (Wildman–Crippen LogP) is 3.48. The third-order valence-electron chi connectivity index (χ3n) is 5.09. The Morgan fingerprint density at radius 3 is 2.83 bits per heavy atom. The Morgan fingerprint density at radius 2 is 2.03 bits per heavy atom. The molecule has 2 aromatic heterocycles. The number of hydrogen-bond donors (Lipinski definition) is 0. The van der Waals surface area contributed by atoms with Gasteiger partial charge in [0.15, 0.2) is 0 Å². The lowest BCUT2D eigenvalue weighted by molar-refractivity contribution is -0.384. The molecule has 0 spiro atoms. The summed E-state index contributed by atoms with van der Waals surface area (Å²) in [6, 6.07) is 10.3. The van der Waals surface area contributed by atoms with Crippen LogP contribution in [-0.2, 0) is 6.54 Å². The lowest BCUT2D eigenvalue weighted by Crippen LogP contribution is -2.31. The molecule has 3 aromatic rings. The number of pyridine rings is 1. The van der Waals surface area contributed by atoms with Crippen molar-refractivity contribution in [2.75, 3.05) is 31.1 Å². The van der Waals surface area contributed by atoms with Crippen LogP contribution in [-0.4, -0.2) is 45.4 Å². The maximum atomic E-state index is 11.0. The molecule has 4 rings (SSSR count). The highest BCUT2D eigenvalue weighted by Gasteiger charge is 2.20. The lowest BCUT2D eigenvalue weighted by Gasteiger charge is -2.24. The monoisotopic (exact) mass is 410 g/mol. The summed E-state index contributed by atoms with van der Waals surface area (Å²) in [4.78, 5) is 19.6. The second-order valence-corrected chi connectivity index (χ2v) is 7.47. The van der Waals surface area contributed by atoms with Crippen molar-refractivity contribution in [3.63, 3.8) is 0 Å². The molecule has 8 nitrogen and oxygen atoms in total. The summed E-state index contributed by atoms with van der Waals surface area (Å²) in [6.45, 7) is 4.00. The summed E-state index contributed by atoms with van der Waals surface area (Å²) in [5.41, 5.74) is 2.88. The molecule has 0 unspecified atom stereocenters. The Morgan fingerprint density at radius 1 is 1.17 bits per heavy atom. The fraction of sp³-hybridized carbons (Fsp3) is 0.300. The largest absolute Gasteiger partial charge is 0.369 e. The summed E-state index contributed by atoms with van der Waals surface area (Å²) >= 11 is 6.04. The number of nitro benzene ring substituents is 1. The van der Waals surface area contributed by atoms with Crippen LogP contribution in [0.3, 0.4) is 0 Å². The molecule has 1 aliphatic rings. The van der Waals surface area contributed by atoms with Crippen LogP contribution in [0, 0.1) is 21.4 Å². The van der Waals surface area contributed by atoms with Gasteiger partial charge >= 0.3 is 0 Å². The van der Waals surface area contributed by atoms with Crippen LogP contribution in [0.5, 0.6) is 0 Å². The first-order chi connectivity index (χ1) is 14.0. The maximum absolute atomic E-state index is 11.0. The van der Waals surface area contributed by atoms with Crippen LogP contribution in [0.15, 0.2) is 42.7 Å².